The van der Waals surface area contributed by atoms with Crippen LogP contribution in [-0.4, -0.2) is 23.0 Å². The Hall–Kier alpha value is -1.16. The molecule has 1 fully saturated rings. The summed E-state index contributed by atoms with van der Waals surface area (Å²) in [6.45, 7) is 2.92. The second kappa shape index (κ2) is 4.75. The number of anilines is 2. The molecule has 1 unspecified atom stereocenters. The molecule has 3 rings (SSSR count). The van der Waals surface area contributed by atoms with E-state index >= 15 is 0 Å². The molecule has 0 spiro atoms. The topological polar surface area (TPSA) is 46.3 Å². The van der Waals surface area contributed by atoms with Gasteiger partial charge in [0.15, 0.2) is 0 Å². The molecule has 2 aliphatic heterocycles. The summed E-state index contributed by atoms with van der Waals surface area (Å²) in [7, 11) is 0. The molecular weight excluding hydrogens is 256 g/mol. The molecule has 0 aromatic heterocycles. The van der Waals surface area contributed by atoms with Gasteiger partial charge in [-0.2, -0.15) is 0 Å². The number of rotatable bonds is 1. The SMILES string of the molecule is CC1(C(=O)N2CCCc3ccc(N)cc32)CCCS1. The highest BCUT2D eigenvalue weighted by Gasteiger charge is 2.41. The number of hydrogen-bond acceptors (Lipinski definition) is 3. The second-order valence-corrected chi connectivity index (χ2v) is 7.23. The van der Waals surface area contributed by atoms with Gasteiger partial charge < -0.3 is 10.6 Å². The smallest absolute Gasteiger partial charge is 0.242 e. The predicted molar refractivity (Wildman–Crippen MR) is 81.6 cm³/mol. The molecular formula is C15H20N2OS. The first-order valence-corrected chi connectivity index (χ1v) is 7.93. The van der Waals surface area contributed by atoms with Gasteiger partial charge in [0.2, 0.25) is 5.91 Å². The number of hydrogen-bond donors (Lipinski definition) is 1. The molecule has 2 heterocycles. The number of benzene rings is 1. The van der Waals surface area contributed by atoms with Crippen molar-refractivity contribution < 1.29 is 4.79 Å². The molecule has 0 aliphatic carbocycles. The van der Waals surface area contributed by atoms with Gasteiger partial charge in [0.25, 0.3) is 0 Å². The number of nitrogens with two attached hydrogens (primary N) is 1. The maximum absolute atomic E-state index is 12.9. The van der Waals surface area contributed by atoms with Crippen molar-refractivity contribution in [2.24, 2.45) is 0 Å². The highest BCUT2D eigenvalue weighted by Crippen LogP contribution is 2.41. The van der Waals surface area contributed by atoms with Crippen LogP contribution in [0.1, 0.15) is 31.7 Å². The lowest BCUT2D eigenvalue weighted by Gasteiger charge is -2.35. The first kappa shape index (κ1) is 12.9. The third kappa shape index (κ3) is 2.22. The molecule has 4 heteroatoms. The van der Waals surface area contributed by atoms with Gasteiger partial charge in [0.05, 0.1) is 4.75 Å². The van der Waals surface area contributed by atoms with Crippen molar-refractivity contribution in [3.63, 3.8) is 0 Å². The highest BCUT2D eigenvalue weighted by atomic mass is 32.2. The van der Waals surface area contributed by atoms with E-state index in [1.54, 1.807) is 11.8 Å². The summed E-state index contributed by atoms with van der Waals surface area (Å²) in [5.41, 5.74) is 8.91. The Morgan fingerprint density at radius 1 is 1.42 bits per heavy atom. The van der Waals surface area contributed by atoms with Gasteiger partial charge in [-0.1, -0.05) is 6.07 Å². The molecule has 1 aromatic rings. The van der Waals surface area contributed by atoms with Gasteiger partial charge in [0.1, 0.15) is 0 Å². The van der Waals surface area contributed by atoms with Crippen LogP contribution in [0.3, 0.4) is 0 Å². The normalized spacial score (nSPS) is 26.3. The maximum Gasteiger partial charge on any atom is 0.242 e. The Bertz CT molecular complexity index is 509. The van der Waals surface area contributed by atoms with Gasteiger partial charge >= 0.3 is 0 Å². The van der Waals surface area contributed by atoms with Crippen molar-refractivity contribution in [2.75, 3.05) is 22.9 Å². The molecule has 19 heavy (non-hydrogen) atoms. The largest absolute Gasteiger partial charge is 0.399 e. The monoisotopic (exact) mass is 276 g/mol. The Morgan fingerprint density at radius 3 is 3.00 bits per heavy atom. The summed E-state index contributed by atoms with van der Waals surface area (Å²) >= 11 is 1.80. The van der Waals surface area contributed by atoms with Crippen molar-refractivity contribution in [3.8, 4) is 0 Å². The van der Waals surface area contributed by atoms with E-state index in [0.29, 0.717) is 0 Å². The Morgan fingerprint density at radius 2 is 2.26 bits per heavy atom. The molecule has 1 amide bonds. The summed E-state index contributed by atoms with van der Waals surface area (Å²) in [6.07, 6.45) is 4.22. The van der Waals surface area contributed by atoms with Crippen molar-refractivity contribution in [3.05, 3.63) is 23.8 Å². The van der Waals surface area contributed by atoms with Crippen LogP contribution in [0.4, 0.5) is 11.4 Å². The zero-order valence-electron chi connectivity index (χ0n) is 11.3. The van der Waals surface area contributed by atoms with Crippen molar-refractivity contribution in [2.45, 2.75) is 37.4 Å². The minimum absolute atomic E-state index is 0.237. The zero-order valence-corrected chi connectivity index (χ0v) is 12.1. The molecule has 2 aliphatic rings. The number of carbonyl (C=O) groups excluding carboxylic acids is 1. The molecule has 0 bridgehead atoms. The first-order chi connectivity index (χ1) is 9.10. The van der Waals surface area contributed by atoms with Crippen LogP contribution in [-0.2, 0) is 11.2 Å². The Labute approximate surface area is 118 Å². The third-order valence-corrected chi connectivity index (χ3v) is 5.65. The fourth-order valence-electron chi connectivity index (χ4n) is 3.04. The number of aryl methyl sites for hydroxylation is 1. The van der Waals surface area contributed by atoms with E-state index in [1.165, 1.54) is 5.56 Å². The minimum atomic E-state index is -0.237. The lowest BCUT2D eigenvalue weighted by atomic mass is 9.97. The molecule has 2 N–H and O–H groups in total. The predicted octanol–water partition coefficient (Wildman–Crippen LogP) is 2.83. The number of nitrogens with zero attached hydrogens (tertiary/aromatic N) is 1. The summed E-state index contributed by atoms with van der Waals surface area (Å²) < 4.78 is -0.237. The third-order valence-electron chi connectivity index (χ3n) is 4.14. The minimum Gasteiger partial charge on any atom is -0.399 e. The van der Waals surface area contributed by atoms with Crippen molar-refractivity contribution in [1.82, 2.24) is 0 Å². The summed E-state index contributed by atoms with van der Waals surface area (Å²) in [6, 6.07) is 5.95. The van der Waals surface area contributed by atoms with Crippen LogP contribution in [0.5, 0.6) is 0 Å². The van der Waals surface area contributed by atoms with E-state index in [-0.39, 0.29) is 10.7 Å². The van der Waals surface area contributed by atoms with Crippen molar-refractivity contribution >= 4 is 29.0 Å². The van der Waals surface area contributed by atoms with Crippen molar-refractivity contribution in [1.29, 1.82) is 0 Å². The molecule has 102 valence electrons. The van der Waals surface area contributed by atoms with E-state index in [9.17, 15) is 4.79 Å². The summed E-state index contributed by atoms with van der Waals surface area (Å²) in [5, 5.41) is 0. The fourth-order valence-corrected chi connectivity index (χ4v) is 4.30. The molecule has 0 radical (unpaired) electrons. The van der Waals surface area contributed by atoms with Crippen LogP contribution >= 0.6 is 11.8 Å². The van der Waals surface area contributed by atoms with Crippen LogP contribution in [0, 0.1) is 0 Å². The van der Waals surface area contributed by atoms with E-state index in [1.807, 2.05) is 17.0 Å². The van der Waals surface area contributed by atoms with E-state index in [4.69, 9.17) is 5.73 Å². The lowest BCUT2D eigenvalue weighted by molar-refractivity contribution is -0.120. The van der Waals surface area contributed by atoms with Gasteiger partial charge in [-0.15, -0.1) is 11.8 Å². The molecule has 1 aromatic carbocycles. The van der Waals surface area contributed by atoms with E-state index in [2.05, 4.69) is 13.0 Å². The fraction of sp³-hybridized carbons (Fsp3) is 0.533. The number of nitrogen functional groups attached to an aromatic ring is 1. The van der Waals surface area contributed by atoms with Gasteiger partial charge in [-0.05, 0) is 56.1 Å². The van der Waals surface area contributed by atoms with Gasteiger partial charge in [0, 0.05) is 17.9 Å². The van der Waals surface area contributed by atoms with Crippen LogP contribution < -0.4 is 10.6 Å². The van der Waals surface area contributed by atoms with Gasteiger partial charge in [-0.25, -0.2) is 0 Å². The van der Waals surface area contributed by atoms with Crippen LogP contribution in [0.15, 0.2) is 18.2 Å². The second-order valence-electron chi connectivity index (χ2n) is 5.63. The maximum atomic E-state index is 12.9. The summed E-state index contributed by atoms with van der Waals surface area (Å²) in [4.78, 5) is 14.8. The average Bonchev–Trinajstić information content (AvgIpc) is 2.85. The molecule has 3 nitrogen and oxygen atoms in total. The first-order valence-electron chi connectivity index (χ1n) is 6.94. The molecule has 1 atom stereocenters. The Kier molecular flexibility index (Phi) is 3.21. The quantitative estimate of drug-likeness (QED) is 0.802. The number of fused-ring (bicyclic) bond motifs is 1. The average molecular weight is 276 g/mol. The molecule has 1 saturated heterocycles. The number of carbonyl (C=O) groups is 1. The van der Waals surface area contributed by atoms with Gasteiger partial charge in [-0.3, -0.25) is 4.79 Å². The van der Waals surface area contributed by atoms with E-state index in [0.717, 1.165) is 49.4 Å². The zero-order chi connectivity index (χ0) is 13.5. The number of thioether (sulfide) groups is 1. The van der Waals surface area contributed by atoms with Crippen LogP contribution in [0.2, 0.25) is 0 Å². The standard InChI is InChI=1S/C15H20N2OS/c1-15(7-3-9-19-15)14(18)17-8-2-4-11-5-6-12(16)10-13(11)17/h5-6,10H,2-4,7-9,16H2,1H3. The van der Waals surface area contributed by atoms with Crippen LogP contribution in [0.25, 0.3) is 0 Å². The Balaban J connectivity index is 1.95. The molecule has 0 saturated carbocycles. The summed E-state index contributed by atoms with van der Waals surface area (Å²) in [5.74, 6) is 1.36. The number of amides is 1. The van der Waals surface area contributed by atoms with E-state index < -0.39 is 0 Å². The highest BCUT2D eigenvalue weighted by molar-refractivity contribution is 8.01. The lowest BCUT2D eigenvalue weighted by Crippen LogP contribution is -2.46.